The van der Waals surface area contributed by atoms with Crippen molar-refractivity contribution in [1.82, 2.24) is 21.0 Å². The number of halogens is 2. The third kappa shape index (κ3) is 16.2. The van der Waals surface area contributed by atoms with Crippen LogP contribution in [0.3, 0.4) is 0 Å². The van der Waals surface area contributed by atoms with Crippen molar-refractivity contribution in [3.8, 4) is 23.6 Å². The molecule has 0 radical (unpaired) electrons. The number of hydrogen-bond acceptors (Lipinski definition) is 15. The smallest absolute Gasteiger partial charge is 0.269 e. The van der Waals surface area contributed by atoms with E-state index in [1.165, 1.54) is 36.4 Å². The van der Waals surface area contributed by atoms with Crippen LogP contribution in [0.4, 0.5) is 11.4 Å². The fourth-order valence-electron chi connectivity index (χ4n) is 6.39. The van der Waals surface area contributed by atoms with Crippen molar-refractivity contribution in [2.45, 2.75) is 126 Å². The number of nitrogens with zero attached hydrogens (tertiary/aromatic N) is 4. The molecule has 1 heterocycles. The maximum absolute atomic E-state index is 13.2. The lowest BCUT2D eigenvalue weighted by Gasteiger charge is -2.40. The van der Waals surface area contributed by atoms with Crippen molar-refractivity contribution in [1.29, 1.82) is 10.5 Å². The van der Waals surface area contributed by atoms with Crippen molar-refractivity contribution < 1.29 is 39.7 Å². The van der Waals surface area contributed by atoms with Crippen LogP contribution in [-0.4, -0.2) is 86.2 Å². The third-order valence-electron chi connectivity index (χ3n) is 12.7. The first kappa shape index (κ1) is 59.9. The van der Waals surface area contributed by atoms with E-state index >= 15 is 0 Å². The maximum Gasteiger partial charge on any atom is 0.269 e. The first-order valence-electron chi connectivity index (χ1n) is 22.9. The van der Waals surface area contributed by atoms with Crippen molar-refractivity contribution in [3.05, 3.63) is 118 Å². The molecule has 5 rings (SSSR count). The molecule has 0 aliphatic carbocycles. The highest BCUT2D eigenvalue weighted by Gasteiger charge is 2.42. The molecule has 0 aliphatic rings. The summed E-state index contributed by atoms with van der Waals surface area (Å²) in [5, 5.41) is 33.7. The summed E-state index contributed by atoms with van der Waals surface area (Å²) in [6, 6.07) is 24.0. The van der Waals surface area contributed by atoms with Gasteiger partial charge in [0, 0.05) is 35.0 Å². The predicted molar refractivity (Wildman–Crippen MR) is 290 cm³/mol. The number of amides is 2. The van der Waals surface area contributed by atoms with Crippen molar-refractivity contribution >= 4 is 82.7 Å². The number of benzene rings is 4. The van der Waals surface area contributed by atoms with Gasteiger partial charge in [-0.3, -0.25) is 20.4 Å². The van der Waals surface area contributed by atoms with Gasteiger partial charge >= 0.3 is 0 Å². The number of aromatic nitrogens is 2. The van der Waals surface area contributed by atoms with Crippen LogP contribution in [0.1, 0.15) is 88.8 Å². The van der Waals surface area contributed by atoms with Crippen LogP contribution in [0.2, 0.25) is 46.3 Å². The number of sulfone groups is 2. The summed E-state index contributed by atoms with van der Waals surface area (Å²) >= 11 is 12.4. The molecule has 2 unspecified atom stereocenters. The van der Waals surface area contributed by atoms with Gasteiger partial charge in [-0.05, 0) is 135 Å². The van der Waals surface area contributed by atoms with Crippen LogP contribution in [0, 0.1) is 22.7 Å². The topological polar surface area (TPSA) is 255 Å². The molecular formula is C50H64Cl2N8O9S2Si2. The van der Waals surface area contributed by atoms with E-state index in [0.717, 1.165) is 12.5 Å². The molecule has 0 spiro atoms. The SMILES string of the molecule is C[C@H](O[Si](C)(C)C(C)(C)C)C(Nc1ccc(C#N)c(Cl)c1)C(=O)NNC(=O)c1ccc(S(C)(=O)=O)cc1.C[C@H](O[Si](C)(C)C(C)(C)C)C(Nc1ccc(C#N)c(Cl)c1)c1nnc(-c2ccc(S(C)(=O)=O)cc2)o1. The van der Waals surface area contributed by atoms with Gasteiger partial charge in [0.05, 0.1) is 43.2 Å². The number of hydrazine groups is 1. The summed E-state index contributed by atoms with van der Waals surface area (Å²) in [4.78, 5) is 26.1. The molecule has 23 heteroatoms. The lowest BCUT2D eigenvalue weighted by Crippen LogP contribution is -2.55. The number of anilines is 2. The van der Waals surface area contributed by atoms with Gasteiger partial charge in [0.25, 0.3) is 11.8 Å². The Morgan fingerprint density at radius 2 is 1.10 bits per heavy atom. The Balaban J connectivity index is 0.000000317. The molecule has 5 aromatic rings. The van der Waals surface area contributed by atoms with Crippen molar-refractivity contribution in [3.63, 3.8) is 0 Å². The zero-order chi connectivity index (χ0) is 55.1. The molecule has 0 aliphatic heterocycles. The summed E-state index contributed by atoms with van der Waals surface area (Å²) in [5.41, 5.74) is 7.39. The molecule has 0 bridgehead atoms. The minimum absolute atomic E-state index is 0.00900. The van der Waals surface area contributed by atoms with Gasteiger partial charge in [-0.25, -0.2) is 16.8 Å². The number of nitriles is 2. The quantitative estimate of drug-likeness (QED) is 0.0529. The normalized spacial score (nSPS) is 13.9. The van der Waals surface area contributed by atoms with Crippen LogP contribution in [0.5, 0.6) is 0 Å². The van der Waals surface area contributed by atoms with E-state index in [1.807, 2.05) is 13.0 Å². The predicted octanol–water partition coefficient (Wildman–Crippen LogP) is 10.5. The number of carbonyl (C=O) groups excluding carboxylic acids is 2. The van der Waals surface area contributed by atoms with E-state index in [0.29, 0.717) is 39.0 Å². The molecule has 0 saturated heterocycles. The Hall–Kier alpha value is -5.63. The van der Waals surface area contributed by atoms with Crippen LogP contribution < -0.4 is 21.5 Å². The monoisotopic (exact) mass is 1110 g/mol. The molecule has 0 fully saturated rings. The van der Waals surface area contributed by atoms with Crippen molar-refractivity contribution in [2.75, 3.05) is 23.1 Å². The van der Waals surface area contributed by atoms with Crippen molar-refractivity contribution in [2.24, 2.45) is 0 Å². The summed E-state index contributed by atoms with van der Waals surface area (Å²) < 4.78 is 65.9. The van der Waals surface area contributed by atoms with Crippen LogP contribution >= 0.6 is 23.2 Å². The summed E-state index contributed by atoms with van der Waals surface area (Å²) in [6.07, 6.45) is 1.29. The zero-order valence-corrected chi connectivity index (χ0v) is 48.6. The highest BCUT2D eigenvalue weighted by Crippen LogP contribution is 2.40. The van der Waals surface area contributed by atoms with E-state index in [2.05, 4.69) is 105 Å². The van der Waals surface area contributed by atoms with Gasteiger partial charge in [-0.1, -0.05) is 64.7 Å². The fourth-order valence-corrected chi connectivity index (χ4v) is 10.9. The van der Waals surface area contributed by atoms with Gasteiger partial charge < -0.3 is 23.9 Å². The Labute approximate surface area is 441 Å². The number of hydrogen-bond donors (Lipinski definition) is 4. The number of rotatable bonds is 16. The summed E-state index contributed by atoms with van der Waals surface area (Å²) in [6.45, 7) is 25.0. The third-order valence-corrected chi connectivity index (χ3v) is 24.7. The summed E-state index contributed by atoms with van der Waals surface area (Å²) in [7, 11) is -11.1. The zero-order valence-electron chi connectivity index (χ0n) is 43.4. The minimum Gasteiger partial charge on any atom is -0.418 e. The second kappa shape index (κ2) is 23.7. The molecule has 2 amide bonds. The molecule has 17 nitrogen and oxygen atoms in total. The van der Waals surface area contributed by atoms with E-state index in [1.54, 1.807) is 55.5 Å². The molecule has 0 saturated carbocycles. The highest BCUT2D eigenvalue weighted by atomic mass is 35.5. The number of carbonyl (C=O) groups is 2. The number of nitrogens with one attached hydrogen (secondary N) is 4. The average Bonchev–Trinajstić information content (AvgIpc) is 3.78. The lowest BCUT2D eigenvalue weighted by atomic mass is 10.1. The maximum atomic E-state index is 13.2. The first-order valence-corrected chi connectivity index (χ1v) is 33.3. The average molecular weight is 1110 g/mol. The Kier molecular flexibility index (Phi) is 19.5. The van der Waals surface area contributed by atoms with E-state index in [9.17, 15) is 31.7 Å². The molecule has 4 aromatic carbocycles. The van der Waals surface area contributed by atoms with Crippen LogP contribution in [0.15, 0.2) is 99.1 Å². The van der Waals surface area contributed by atoms with Crippen LogP contribution in [0.25, 0.3) is 11.5 Å². The standard InChI is InChI=1S/C25H33ClN4O5SSi.C25H31ClN4O4SSi/c1-16(35-37(6,7)25(2,3)4)22(28-19-11-8-18(15-27)21(26)14-19)24(32)30-29-23(31)17-9-12-20(13-10-17)36(5,33)34;1-16(34-36(6,7)25(2,3)4)22(28-19-11-8-18(15-27)21(26)14-19)24-30-29-23(33-24)17-9-12-20(13-10-17)35(5,31)32/h8-14,16,22,28H,1-7H3,(H,29,31)(H,30,32);8-14,16,22,28H,1-7H3/t2*16-,22?/m00/s1. The fraction of sp³-hybridized carbons (Fsp3) is 0.400. The summed E-state index contributed by atoms with van der Waals surface area (Å²) in [5.74, 6) is -0.613. The minimum atomic E-state index is -3.40. The molecule has 392 valence electrons. The van der Waals surface area contributed by atoms with E-state index in [4.69, 9.17) is 41.7 Å². The molecular weight excluding hydrogens is 1050 g/mol. The van der Waals surface area contributed by atoms with Gasteiger partial charge in [0.2, 0.25) is 11.8 Å². The van der Waals surface area contributed by atoms with Gasteiger partial charge in [-0.2, -0.15) is 10.5 Å². The Bertz CT molecular complexity index is 3090. The Morgan fingerprint density at radius 1 is 0.658 bits per heavy atom. The van der Waals surface area contributed by atoms with Gasteiger partial charge in [-0.15, -0.1) is 10.2 Å². The first-order chi connectivity index (χ1) is 33.6. The van der Waals surface area contributed by atoms with E-state index in [-0.39, 0.29) is 42.4 Å². The lowest BCUT2D eigenvalue weighted by molar-refractivity contribution is -0.124. The molecule has 1 aromatic heterocycles. The van der Waals surface area contributed by atoms with Crippen LogP contribution in [-0.2, 0) is 33.3 Å². The molecule has 73 heavy (non-hydrogen) atoms. The Morgan fingerprint density at radius 3 is 1.52 bits per heavy atom. The van der Waals surface area contributed by atoms with Gasteiger partial charge in [0.1, 0.15) is 24.2 Å². The van der Waals surface area contributed by atoms with Gasteiger partial charge in [0.15, 0.2) is 36.3 Å². The second-order valence-corrected chi connectivity index (χ2v) is 34.9. The van der Waals surface area contributed by atoms with E-state index < -0.39 is 66.3 Å². The largest absolute Gasteiger partial charge is 0.418 e. The highest BCUT2D eigenvalue weighted by molar-refractivity contribution is 7.91. The molecule has 4 atom stereocenters. The molecule has 4 N–H and O–H groups in total. The second-order valence-electron chi connectivity index (χ2n) is 20.5.